The molecule has 1 aromatic carbocycles. The number of thiophene rings is 1. The van der Waals surface area contributed by atoms with Crippen LogP contribution in [0.4, 0.5) is 4.79 Å². The number of esters is 1. The predicted molar refractivity (Wildman–Crippen MR) is 122 cm³/mol. The number of benzene rings is 1. The van der Waals surface area contributed by atoms with Gasteiger partial charge in [-0.2, -0.15) is 5.26 Å². The number of hydrogen-bond acceptors (Lipinski definition) is 8. The first-order chi connectivity index (χ1) is 14.7. The van der Waals surface area contributed by atoms with Crippen molar-refractivity contribution in [1.29, 1.82) is 5.26 Å². The number of alkyl carbamates (subject to hydrolysis) is 1. The van der Waals surface area contributed by atoms with Crippen molar-refractivity contribution in [2.45, 2.75) is 37.5 Å². The molecule has 1 aromatic heterocycles. The Morgan fingerprint density at radius 2 is 1.90 bits per heavy atom. The van der Waals surface area contributed by atoms with E-state index >= 15 is 0 Å². The second-order valence-corrected chi connectivity index (χ2v) is 9.40. The molecule has 0 fully saturated rings. The van der Waals surface area contributed by atoms with E-state index in [9.17, 15) is 14.9 Å². The maximum absolute atomic E-state index is 12.4. The molecule has 0 aliphatic rings. The lowest BCUT2D eigenvalue weighted by molar-refractivity contribution is 0.0514. The number of nitriles is 1. The second kappa shape index (κ2) is 11.1. The molecule has 0 radical (unpaired) electrons. The van der Waals surface area contributed by atoms with Gasteiger partial charge in [-0.3, -0.25) is 0 Å². The van der Waals surface area contributed by atoms with Gasteiger partial charge in [0.25, 0.3) is 0 Å². The zero-order valence-corrected chi connectivity index (χ0v) is 19.9. The highest BCUT2D eigenvalue weighted by Crippen LogP contribution is 2.41. The molecule has 166 valence electrons. The molecule has 1 N–H and O–H groups in total. The van der Waals surface area contributed by atoms with Crippen LogP contribution in [0.3, 0.4) is 0 Å². The van der Waals surface area contributed by atoms with E-state index in [0.717, 1.165) is 9.77 Å². The van der Waals surface area contributed by atoms with E-state index in [2.05, 4.69) is 11.4 Å². The first kappa shape index (κ1) is 24.6. The van der Waals surface area contributed by atoms with Crippen molar-refractivity contribution in [2.75, 3.05) is 26.0 Å². The molecule has 0 saturated heterocycles. The van der Waals surface area contributed by atoms with Gasteiger partial charge in [-0.15, -0.1) is 23.1 Å². The number of carbonyl (C=O) groups is 2. The van der Waals surface area contributed by atoms with Gasteiger partial charge < -0.3 is 19.5 Å². The molecule has 0 spiro atoms. The number of carbonyl (C=O) groups excluding carboxylic acids is 2. The fourth-order valence-corrected chi connectivity index (χ4v) is 4.46. The van der Waals surface area contributed by atoms with E-state index < -0.39 is 17.7 Å². The number of rotatable bonds is 8. The lowest BCUT2D eigenvalue weighted by Gasteiger charge is -2.19. The summed E-state index contributed by atoms with van der Waals surface area (Å²) in [5, 5.41) is 12.3. The summed E-state index contributed by atoms with van der Waals surface area (Å²) in [6.07, 6.45) is 1.37. The lowest BCUT2D eigenvalue weighted by Crippen LogP contribution is -2.34. The van der Waals surface area contributed by atoms with Crippen LogP contribution in [0.5, 0.6) is 5.75 Å². The zero-order chi connectivity index (χ0) is 23.0. The van der Waals surface area contributed by atoms with Crippen molar-refractivity contribution in [3.8, 4) is 22.9 Å². The molecule has 0 unspecified atom stereocenters. The van der Waals surface area contributed by atoms with Crippen molar-refractivity contribution >= 4 is 35.2 Å². The van der Waals surface area contributed by atoms with Gasteiger partial charge in [-0.1, -0.05) is 12.1 Å². The highest BCUT2D eigenvalue weighted by molar-refractivity contribution is 8.00. The van der Waals surface area contributed by atoms with Gasteiger partial charge in [0.2, 0.25) is 0 Å². The van der Waals surface area contributed by atoms with Crippen LogP contribution in [0.1, 0.15) is 42.9 Å². The summed E-state index contributed by atoms with van der Waals surface area (Å²) in [5.41, 5.74) is 1.23. The van der Waals surface area contributed by atoms with E-state index in [1.807, 2.05) is 6.26 Å². The molecule has 1 heterocycles. The number of amides is 1. The average molecular weight is 463 g/mol. The summed E-state index contributed by atoms with van der Waals surface area (Å²) >= 11 is 2.69. The normalized spacial score (nSPS) is 10.8. The second-order valence-electron chi connectivity index (χ2n) is 7.31. The quantitative estimate of drug-likeness (QED) is 0.331. The van der Waals surface area contributed by atoms with Crippen LogP contribution in [0.2, 0.25) is 0 Å². The van der Waals surface area contributed by atoms with Gasteiger partial charge in [-0.05, 0) is 51.6 Å². The highest BCUT2D eigenvalue weighted by Gasteiger charge is 2.24. The lowest BCUT2D eigenvalue weighted by atomic mass is 10.0. The molecule has 2 aromatic rings. The van der Waals surface area contributed by atoms with Crippen molar-refractivity contribution in [3.05, 3.63) is 34.7 Å². The van der Waals surface area contributed by atoms with Crippen LogP contribution in [-0.2, 0) is 9.47 Å². The Bertz CT molecular complexity index is 956. The Kier molecular flexibility index (Phi) is 8.77. The maximum atomic E-state index is 12.4. The van der Waals surface area contributed by atoms with E-state index in [0.29, 0.717) is 28.3 Å². The first-order valence-corrected chi connectivity index (χ1v) is 11.7. The van der Waals surface area contributed by atoms with Crippen LogP contribution in [0.25, 0.3) is 11.1 Å². The zero-order valence-electron chi connectivity index (χ0n) is 18.2. The molecule has 0 aliphatic heterocycles. The van der Waals surface area contributed by atoms with Crippen LogP contribution in [0.15, 0.2) is 28.5 Å². The summed E-state index contributed by atoms with van der Waals surface area (Å²) in [5.74, 6) is 0.166. The van der Waals surface area contributed by atoms with Gasteiger partial charge in [0, 0.05) is 5.56 Å². The van der Waals surface area contributed by atoms with Gasteiger partial charge in [0.05, 0.1) is 22.9 Å². The minimum Gasteiger partial charge on any atom is -0.492 e. The molecule has 0 aliphatic carbocycles. The minimum atomic E-state index is -0.552. The Hall–Kier alpha value is -2.70. The van der Waals surface area contributed by atoms with Crippen molar-refractivity contribution in [3.63, 3.8) is 0 Å². The molecular weight excluding hydrogens is 436 g/mol. The molecule has 0 bridgehead atoms. The van der Waals surface area contributed by atoms with Crippen molar-refractivity contribution < 1.29 is 23.8 Å². The van der Waals surface area contributed by atoms with Crippen LogP contribution in [-0.4, -0.2) is 43.7 Å². The molecule has 1 amide bonds. The minimum absolute atomic E-state index is 0.261. The van der Waals surface area contributed by atoms with Crippen LogP contribution in [0, 0.1) is 11.3 Å². The van der Waals surface area contributed by atoms with Crippen LogP contribution >= 0.6 is 23.1 Å². The van der Waals surface area contributed by atoms with Gasteiger partial charge >= 0.3 is 12.1 Å². The predicted octanol–water partition coefficient (Wildman–Crippen LogP) is 5.09. The molecule has 0 atom stereocenters. The number of nitrogens with zero attached hydrogens (tertiary/aromatic N) is 1. The Labute approximate surface area is 190 Å². The van der Waals surface area contributed by atoms with Crippen molar-refractivity contribution in [1.82, 2.24) is 5.32 Å². The summed E-state index contributed by atoms with van der Waals surface area (Å²) in [4.78, 5) is 24.5. The Morgan fingerprint density at radius 3 is 2.45 bits per heavy atom. The summed E-state index contributed by atoms with van der Waals surface area (Å²) in [6, 6.07) is 9.33. The topological polar surface area (TPSA) is 97.7 Å². The third kappa shape index (κ3) is 6.91. The van der Waals surface area contributed by atoms with Gasteiger partial charge in [0.15, 0.2) is 0 Å². The smallest absolute Gasteiger partial charge is 0.407 e. The van der Waals surface area contributed by atoms with Gasteiger partial charge in [-0.25, -0.2) is 9.59 Å². The van der Waals surface area contributed by atoms with Crippen LogP contribution < -0.4 is 10.1 Å². The molecule has 0 saturated carbocycles. The monoisotopic (exact) mass is 462 g/mol. The first-order valence-electron chi connectivity index (χ1n) is 9.68. The average Bonchev–Trinajstić information content (AvgIpc) is 3.09. The summed E-state index contributed by atoms with van der Waals surface area (Å²) in [7, 11) is 0. The SMILES string of the molecule is CCOC(=O)c1sc(SC)c(C#N)c1-c1ccc(OCCNC(=O)OC(C)(C)C)cc1. The Balaban J connectivity index is 2.10. The third-order valence-corrected chi connectivity index (χ3v) is 6.11. The van der Waals surface area contributed by atoms with E-state index in [4.69, 9.17) is 14.2 Å². The standard InChI is InChI=1S/C22H26N2O5S2/c1-6-27-19(25)18-17(16(13-23)20(30-5)31-18)14-7-9-15(10-8-14)28-12-11-24-21(26)29-22(2,3)4/h7-10H,6,11-12H2,1-5H3,(H,24,26). The molecule has 31 heavy (non-hydrogen) atoms. The third-order valence-electron chi connectivity index (χ3n) is 3.82. The van der Waals surface area contributed by atoms with E-state index in [1.54, 1.807) is 52.0 Å². The number of nitrogens with one attached hydrogen (secondary N) is 1. The number of thioether (sulfide) groups is 1. The molecular formula is C22H26N2O5S2. The maximum Gasteiger partial charge on any atom is 0.407 e. The van der Waals surface area contributed by atoms with E-state index in [1.165, 1.54) is 23.1 Å². The Morgan fingerprint density at radius 1 is 1.23 bits per heavy atom. The molecule has 2 rings (SSSR count). The van der Waals surface area contributed by atoms with Crippen molar-refractivity contribution in [2.24, 2.45) is 0 Å². The fraction of sp³-hybridized carbons (Fsp3) is 0.409. The van der Waals surface area contributed by atoms with Gasteiger partial charge in [0.1, 0.15) is 28.9 Å². The fourth-order valence-electron chi connectivity index (χ4n) is 2.63. The summed E-state index contributed by atoms with van der Waals surface area (Å²) < 4.78 is 16.8. The molecule has 9 heteroatoms. The van der Waals surface area contributed by atoms with E-state index in [-0.39, 0.29) is 13.2 Å². The highest BCUT2D eigenvalue weighted by atomic mass is 32.2. The molecule has 7 nitrogen and oxygen atoms in total. The number of hydrogen-bond donors (Lipinski definition) is 1. The number of ether oxygens (including phenoxy) is 3. The largest absolute Gasteiger partial charge is 0.492 e. The summed E-state index contributed by atoms with van der Waals surface area (Å²) in [6.45, 7) is 7.96.